The molecule has 17 heavy (non-hydrogen) atoms. The molecular weight excluding hydrogens is 232 g/mol. The third-order valence-corrected chi connectivity index (χ3v) is 2.68. The van der Waals surface area contributed by atoms with Crippen LogP contribution in [0.4, 0.5) is 11.5 Å². The number of nitrogens with two attached hydrogens (primary N) is 1. The Kier molecular flexibility index (Phi) is 3.10. The lowest BCUT2D eigenvalue weighted by atomic mass is 10.2. The Morgan fingerprint density at radius 3 is 2.71 bits per heavy atom. The third kappa shape index (κ3) is 2.45. The van der Waals surface area contributed by atoms with E-state index in [1.165, 1.54) is 0 Å². The number of nitrogens with zero attached hydrogens (tertiary/aromatic N) is 2. The molecule has 2 aromatic rings. The first-order valence-electron chi connectivity index (χ1n) is 5.24. The summed E-state index contributed by atoms with van der Waals surface area (Å²) < 4.78 is 1.78. The molecule has 4 nitrogen and oxygen atoms in total. The lowest BCUT2D eigenvalue weighted by molar-refractivity contribution is 0.765. The van der Waals surface area contributed by atoms with Gasteiger partial charge < -0.3 is 11.1 Å². The molecule has 5 heteroatoms. The summed E-state index contributed by atoms with van der Waals surface area (Å²) in [6, 6.07) is 9.66. The first-order valence-corrected chi connectivity index (χ1v) is 5.65. The molecule has 3 N–H and O–H groups in total. The molecule has 0 aliphatic rings. The number of benzene rings is 1. The summed E-state index contributed by atoms with van der Waals surface area (Å²) in [5, 5.41) is 7.55. The molecule has 0 saturated heterocycles. The van der Waals surface area contributed by atoms with Gasteiger partial charge in [-0.15, -0.1) is 0 Å². The van der Waals surface area contributed by atoms with Crippen LogP contribution in [0.2, 0.25) is 0 Å². The van der Waals surface area contributed by atoms with Crippen LogP contribution in [-0.4, -0.2) is 14.8 Å². The normalized spacial score (nSPS) is 10.2. The van der Waals surface area contributed by atoms with E-state index < -0.39 is 0 Å². The Morgan fingerprint density at radius 1 is 1.41 bits per heavy atom. The quantitative estimate of drug-likeness (QED) is 0.814. The summed E-state index contributed by atoms with van der Waals surface area (Å²) in [6.07, 6.45) is 0. The monoisotopic (exact) mass is 246 g/mol. The van der Waals surface area contributed by atoms with Gasteiger partial charge >= 0.3 is 0 Å². The van der Waals surface area contributed by atoms with Crippen molar-refractivity contribution in [3.63, 3.8) is 0 Å². The van der Waals surface area contributed by atoms with Crippen molar-refractivity contribution in [3.8, 4) is 0 Å². The SMILES string of the molecule is Cc1cc(Nc2ccccc2C(N)=S)n(C)n1. The number of rotatable bonds is 3. The van der Waals surface area contributed by atoms with Crippen LogP contribution < -0.4 is 11.1 Å². The molecule has 1 aromatic carbocycles. The minimum Gasteiger partial charge on any atom is -0.389 e. The number of anilines is 2. The highest BCUT2D eigenvalue weighted by molar-refractivity contribution is 7.80. The third-order valence-electron chi connectivity index (χ3n) is 2.46. The first-order chi connectivity index (χ1) is 8.08. The molecule has 1 heterocycles. The van der Waals surface area contributed by atoms with E-state index in [1.807, 2.05) is 44.3 Å². The van der Waals surface area contributed by atoms with Gasteiger partial charge in [0.25, 0.3) is 0 Å². The van der Waals surface area contributed by atoms with Gasteiger partial charge in [-0.1, -0.05) is 24.4 Å². The van der Waals surface area contributed by atoms with Gasteiger partial charge in [0.2, 0.25) is 0 Å². The standard InChI is InChI=1S/C12H14N4S/c1-8-7-11(16(2)15-8)14-10-6-4-3-5-9(10)12(13)17/h3-7,14H,1-2H3,(H2,13,17). The zero-order valence-electron chi connectivity index (χ0n) is 9.77. The molecule has 88 valence electrons. The van der Waals surface area contributed by atoms with Gasteiger partial charge in [0.15, 0.2) is 0 Å². The van der Waals surface area contributed by atoms with Crippen molar-refractivity contribution in [1.82, 2.24) is 9.78 Å². The van der Waals surface area contributed by atoms with Crippen LogP contribution >= 0.6 is 12.2 Å². The average Bonchev–Trinajstić information content (AvgIpc) is 2.58. The highest BCUT2D eigenvalue weighted by atomic mass is 32.1. The van der Waals surface area contributed by atoms with Crippen molar-refractivity contribution in [2.24, 2.45) is 12.8 Å². The van der Waals surface area contributed by atoms with Gasteiger partial charge in [0.05, 0.1) is 5.69 Å². The Morgan fingerprint density at radius 2 is 2.12 bits per heavy atom. The largest absolute Gasteiger partial charge is 0.389 e. The zero-order chi connectivity index (χ0) is 12.4. The van der Waals surface area contributed by atoms with E-state index in [9.17, 15) is 0 Å². The summed E-state index contributed by atoms with van der Waals surface area (Å²) in [5.41, 5.74) is 8.37. The minimum absolute atomic E-state index is 0.381. The summed E-state index contributed by atoms with van der Waals surface area (Å²) >= 11 is 5.02. The van der Waals surface area contributed by atoms with Crippen LogP contribution in [-0.2, 0) is 7.05 Å². The molecule has 0 fully saturated rings. The van der Waals surface area contributed by atoms with Crippen molar-refractivity contribution in [1.29, 1.82) is 0 Å². The second-order valence-electron chi connectivity index (χ2n) is 3.83. The van der Waals surface area contributed by atoms with Crippen molar-refractivity contribution in [2.45, 2.75) is 6.92 Å². The van der Waals surface area contributed by atoms with Crippen LogP contribution in [0.5, 0.6) is 0 Å². The summed E-state index contributed by atoms with van der Waals surface area (Å²) in [6.45, 7) is 1.95. The maximum atomic E-state index is 5.68. The predicted octanol–water partition coefficient (Wildman–Crippen LogP) is 2.11. The first kappa shape index (κ1) is 11.6. The van der Waals surface area contributed by atoms with Crippen LogP contribution in [0.25, 0.3) is 0 Å². The van der Waals surface area contributed by atoms with E-state index in [-0.39, 0.29) is 0 Å². The van der Waals surface area contributed by atoms with E-state index in [0.717, 1.165) is 22.8 Å². The summed E-state index contributed by atoms with van der Waals surface area (Å²) in [5.74, 6) is 0.909. The topological polar surface area (TPSA) is 55.9 Å². The van der Waals surface area contributed by atoms with Gasteiger partial charge in [-0.05, 0) is 19.1 Å². The van der Waals surface area contributed by atoms with Crippen LogP contribution in [0.15, 0.2) is 30.3 Å². The van der Waals surface area contributed by atoms with Crippen molar-refractivity contribution < 1.29 is 0 Å². The summed E-state index contributed by atoms with van der Waals surface area (Å²) in [7, 11) is 1.89. The maximum absolute atomic E-state index is 5.68. The van der Waals surface area contributed by atoms with E-state index in [2.05, 4.69) is 10.4 Å². The number of aryl methyl sites for hydroxylation is 2. The Labute approximate surface area is 105 Å². The van der Waals surface area contributed by atoms with Gasteiger partial charge in [-0.2, -0.15) is 5.10 Å². The van der Waals surface area contributed by atoms with Crippen molar-refractivity contribution in [3.05, 3.63) is 41.6 Å². The van der Waals surface area contributed by atoms with Gasteiger partial charge in [-0.3, -0.25) is 4.68 Å². The van der Waals surface area contributed by atoms with E-state index in [4.69, 9.17) is 18.0 Å². The fourth-order valence-electron chi connectivity index (χ4n) is 1.67. The zero-order valence-corrected chi connectivity index (χ0v) is 10.6. The molecule has 2 rings (SSSR count). The second-order valence-corrected chi connectivity index (χ2v) is 4.27. The van der Waals surface area contributed by atoms with Gasteiger partial charge in [0.1, 0.15) is 10.8 Å². The lowest BCUT2D eigenvalue weighted by Crippen LogP contribution is -2.12. The van der Waals surface area contributed by atoms with Crippen molar-refractivity contribution >= 4 is 28.7 Å². The van der Waals surface area contributed by atoms with E-state index in [1.54, 1.807) is 4.68 Å². The molecule has 0 amide bonds. The highest BCUT2D eigenvalue weighted by Gasteiger charge is 2.07. The maximum Gasteiger partial charge on any atom is 0.128 e. The Hall–Kier alpha value is -1.88. The van der Waals surface area contributed by atoms with Gasteiger partial charge in [-0.25, -0.2) is 0 Å². The number of hydrogen-bond acceptors (Lipinski definition) is 3. The Balaban J connectivity index is 2.36. The lowest BCUT2D eigenvalue weighted by Gasteiger charge is -2.10. The molecular formula is C12H14N4S. The summed E-state index contributed by atoms with van der Waals surface area (Å²) in [4.78, 5) is 0.381. The average molecular weight is 246 g/mol. The molecule has 0 radical (unpaired) electrons. The molecule has 0 unspecified atom stereocenters. The van der Waals surface area contributed by atoms with E-state index >= 15 is 0 Å². The molecule has 0 aliphatic heterocycles. The number of para-hydroxylation sites is 1. The number of hydrogen-bond donors (Lipinski definition) is 2. The second kappa shape index (κ2) is 4.55. The fraction of sp³-hybridized carbons (Fsp3) is 0.167. The van der Waals surface area contributed by atoms with Crippen LogP contribution in [0, 0.1) is 6.92 Å². The predicted molar refractivity (Wildman–Crippen MR) is 73.6 cm³/mol. The van der Waals surface area contributed by atoms with Crippen molar-refractivity contribution in [2.75, 3.05) is 5.32 Å². The molecule has 0 saturated carbocycles. The highest BCUT2D eigenvalue weighted by Crippen LogP contribution is 2.20. The number of aromatic nitrogens is 2. The number of thiocarbonyl (C=S) groups is 1. The molecule has 0 spiro atoms. The van der Waals surface area contributed by atoms with Gasteiger partial charge in [0, 0.05) is 24.4 Å². The smallest absolute Gasteiger partial charge is 0.128 e. The minimum atomic E-state index is 0.381. The van der Waals surface area contributed by atoms with Crippen LogP contribution in [0.3, 0.4) is 0 Å². The molecule has 0 atom stereocenters. The molecule has 1 aromatic heterocycles. The molecule has 0 aliphatic carbocycles. The molecule has 0 bridgehead atoms. The number of nitrogens with one attached hydrogen (secondary N) is 1. The fourth-order valence-corrected chi connectivity index (χ4v) is 1.85. The van der Waals surface area contributed by atoms with E-state index in [0.29, 0.717) is 4.99 Å². The Bertz CT molecular complexity index is 559. The van der Waals surface area contributed by atoms with Crippen LogP contribution in [0.1, 0.15) is 11.3 Å².